The highest BCUT2D eigenvalue weighted by Crippen LogP contribution is 2.03. The van der Waals surface area contributed by atoms with E-state index in [1.165, 1.54) is 18.2 Å². The first kappa shape index (κ1) is 16.1. The van der Waals surface area contributed by atoms with Gasteiger partial charge in [-0.25, -0.2) is 10.0 Å². The minimum atomic E-state index is -1.38. The summed E-state index contributed by atoms with van der Waals surface area (Å²) < 4.78 is 0. The van der Waals surface area contributed by atoms with Gasteiger partial charge in [0.2, 0.25) is 0 Å². The summed E-state index contributed by atoms with van der Waals surface area (Å²) in [4.78, 5) is 20.6. The van der Waals surface area contributed by atoms with E-state index < -0.39 is 11.9 Å². The van der Waals surface area contributed by atoms with Crippen molar-refractivity contribution in [3.63, 3.8) is 0 Å². The van der Waals surface area contributed by atoms with Crippen LogP contribution in [-0.4, -0.2) is 35.3 Å². The zero-order valence-electron chi connectivity index (χ0n) is 10.3. The highest BCUT2D eigenvalue weighted by atomic mass is 16.5. The monoisotopic (exact) mass is 255 g/mol. The van der Waals surface area contributed by atoms with E-state index in [0.717, 1.165) is 19.2 Å². The summed E-state index contributed by atoms with van der Waals surface area (Å²) in [7, 11) is 0. The Morgan fingerprint density at radius 3 is 2.06 bits per heavy atom. The van der Waals surface area contributed by atoms with Crippen LogP contribution in [0.2, 0.25) is 0 Å². The number of carboxylic acid groups (broad SMARTS) is 2. The summed E-state index contributed by atoms with van der Waals surface area (Å²) in [5.41, 5.74) is -0.188. The Bertz CT molecular complexity index is 372. The largest absolute Gasteiger partial charge is 0.545 e. The fraction of sp³-hybridized carbons (Fsp3) is 0.333. The number of hydroxylamine groups is 2. The summed E-state index contributed by atoms with van der Waals surface area (Å²) in [5, 5.41) is 27.9. The van der Waals surface area contributed by atoms with Crippen LogP contribution >= 0.6 is 0 Å². The average Bonchev–Trinajstić information content (AvgIpc) is 2.38. The molecule has 6 heteroatoms. The molecule has 0 aliphatic rings. The molecule has 1 rings (SSSR count). The Labute approximate surface area is 105 Å². The molecule has 0 amide bonds. The lowest BCUT2D eigenvalue weighted by Crippen LogP contribution is -3.08. The molecule has 6 nitrogen and oxygen atoms in total. The van der Waals surface area contributed by atoms with E-state index in [9.17, 15) is 14.7 Å². The van der Waals surface area contributed by atoms with Gasteiger partial charge in [0.25, 0.3) is 0 Å². The van der Waals surface area contributed by atoms with Gasteiger partial charge in [0, 0.05) is 0 Å². The lowest BCUT2D eigenvalue weighted by atomic mass is 10.1. The van der Waals surface area contributed by atoms with Gasteiger partial charge >= 0.3 is 5.97 Å². The molecule has 0 heterocycles. The SMILES string of the molecule is CC[NH+](O)CC.O=C([O-])c1cccc(C(=O)O)c1. The molecule has 0 unspecified atom stereocenters. The Morgan fingerprint density at radius 1 is 1.22 bits per heavy atom. The van der Waals surface area contributed by atoms with Crippen molar-refractivity contribution in [2.75, 3.05) is 13.1 Å². The van der Waals surface area contributed by atoms with Crippen LogP contribution in [0.3, 0.4) is 0 Å². The molecule has 18 heavy (non-hydrogen) atoms. The standard InChI is InChI=1S/C8H6O4.C4H11NO/c9-7(10)5-2-1-3-6(4-5)8(11)12;1-3-5(6)4-2/h1-4H,(H,9,10)(H,11,12);6H,3-4H2,1-2H3. The summed E-state index contributed by atoms with van der Waals surface area (Å²) in [6.45, 7) is 5.49. The molecule has 0 aromatic heterocycles. The maximum atomic E-state index is 10.4. The van der Waals surface area contributed by atoms with E-state index >= 15 is 0 Å². The second-order valence-electron chi connectivity index (χ2n) is 3.45. The fourth-order valence-electron chi connectivity index (χ4n) is 1.03. The van der Waals surface area contributed by atoms with Gasteiger partial charge in [-0.1, -0.05) is 12.1 Å². The number of carboxylic acids is 2. The van der Waals surface area contributed by atoms with Crippen molar-refractivity contribution in [3.8, 4) is 0 Å². The van der Waals surface area contributed by atoms with Gasteiger partial charge in [-0.05, 0) is 31.5 Å². The molecule has 1 aromatic carbocycles. The van der Waals surface area contributed by atoms with Crippen molar-refractivity contribution in [3.05, 3.63) is 35.4 Å². The molecule has 0 atom stereocenters. The maximum absolute atomic E-state index is 10.4. The van der Waals surface area contributed by atoms with Gasteiger partial charge in [0.05, 0.1) is 11.5 Å². The molecular weight excluding hydrogens is 238 g/mol. The second kappa shape index (κ2) is 8.21. The van der Waals surface area contributed by atoms with Gasteiger partial charge in [-0.2, -0.15) is 5.06 Å². The highest BCUT2D eigenvalue weighted by Gasteiger charge is 2.02. The number of carbonyl (C=O) groups is 2. The van der Waals surface area contributed by atoms with E-state index in [0.29, 0.717) is 5.06 Å². The van der Waals surface area contributed by atoms with Crippen LogP contribution in [0.4, 0.5) is 0 Å². The molecule has 100 valence electrons. The average molecular weight is 255 g/mol. The first-order valence-electron chi connectivity index (χ1n) is 5.50. The molecule has 0 saturated carbocycles. The van der Waals surface area contributed by atoms with Crippen LogP contribution in [0.1, 0.15) is 34.6 Å². The quantitative estimate of drug-likeness (QED) is 0.602. The van der Waals surface area contributed by atoms with Crippen molar-refractivity contribution in [2.24, 2.45) is 0 Å². The molecule has 0 aliphatic carbocycles. The summed E-state index contributed by atoms with van der Waals surface area (Å²) in [6, 6.07) is 5.00. The van der Waals surface area contributed by atoms with Crippen LogP contribution in [-0.2, 0) is 0 Å². The van der Waals surface area contributed by atoms with Gasteiger partial charge in [0.15, 0.2) is 0 Å². The van der Waals surface area contributed by atoms with Crippen LogP contribution in [0.15, 0.2) is 24.3 Å². The predicted molar refractivity (Wildman–Crippen MR) is 61.6 cm³/mol. The molecule has 1 aromatic rings. The first-order valence-corrected chi connectivity index (χ1v) is 5.50. The summed E-state index contributed by atoms with van der Waals surface area (Å²) in [6.07, 6.45) is 0. The van der Waals surface area contributed by atoms with Gasteiger partial charge < -0.3 is 15.0 Å². The predicted octanol–water partition coefficient (Wildman–Crippen LogP) is -0.951. The normalized spacial score (nSPS) is 9.56. The number of rotatable bonds is 4. The fourth-order valence-corrected chi connectivity index (χ4v) is 1.03. The topological polar surface area (TPSA) is 102 Å². The number of aromatic carboxylic acids is 2. The molecule has 0 saturated heterocycles. The Morgan fingerprint density at radius 2 is 1.72 bits per heavy atom. The number of nitrogens with one attached hydrogen (secondary N) is 1. The van der Waals surface area contributed by atoms with Crippen LogP contribution < -0.4 is 10.2 Å². The van der Waals surface area contributed by atoms with Crippen molar-refractivity contribution < 1.29 is 30.1 Å². The second-order valence-corrected chi connectivity index (χ2v) is 3.45. The Kier molecular flexibility index (Phi) is 7.34. The van der Waals surface area contributed by atoms with E-state index in [2.05, 4.69) is 0 Å². The smallest absolute Gasteiger partial charge is 0.335 e. The molecular formula is C12H17NO5. The molecule has 3 N–H and O–H groups in total. The molecule has 0 spiro atoms. The number of hydrogen-bond acceptors (Lipinski definition) is 4. The molecule has 0 radical (unpaired) electrons. The summed E-state index contributed by atoms with van der Waals surface area (Å²) >= 11 is 0. The number of benzene rings is 1. The zero-order valence-corrected chi connectivity index (χ0v) is 10.3. The number of carbonyl (C=O) groups excluding carboxylic acids is 1. The third-order valence-corrected chi connectivity index (χ3v) is 2.16. The zero-order chi connectivity index (χ0) is 14.1. The van der Waals surface area contributed by atoms with Crippen LogP contribution in [0, 0.1) is 0 Å². The lowest BCUT2D eigenvalue weighted by Gasteiger charge is -2.01. The van der Waals surface area contributed by atoms with Crippen molar-refractivity contribution in [1.29, 1.82) is 0 Å². The van der Waals surface area contributed by atoms with Crippen molar-refractivity contribution in [2.45, 2.75) is 13.8 Å². The summed E-state index contributed by atoms with van der Waals surface area (Å²) in [5.74, 6) is -2.53. The minimum Gasteiger partial charge on any atom is -0.545 e. The molecule has 0 aliphatic heterocycles. The third kappa shape index (κ3) is 5.97. The highest BCUT2D eigenvalue weighted by molar-refractivity contribution is 5.92. The number of hydrogen-bond donors (Lipinski definition) is 3. The van der Waals surface area contributed by atoms with E-state index in [1.54, 1.807) is 0 Å². The van der Waals surface area contributed by atoms with Gasteiger partial charge in [-0.3, -0.25) is 0 Å². The van der Waals surface area contributed by atoms with Crippen LogP contribution in [0.25, 0.3) is 0 Å². The Hall–Kier alpha value is -1.92. The van der Waals surface area contributed by atoms with E-state index in [1.807, 2.05) is 13.8 Å². The van der Waals surface area contributed by atoms with Gasteiger partial charge in [0.1, 0.15) is 13.1 Å². The van der Waals surface area contributed by atoms with E-state index in [-0.39, 0.29) is 11.1 Å². The van der Waals surface area contributed by atoms with Crippen LogP contribution in [0.5, 0.6) is 0 Å². The Balaban J connectivity index is 0.000000411. The third-order valence-electron chi connectivity index (χ3n) is 2.16. The number of quaternary nitrogens is 1. The molecule has 0 bridgehead atoms. The lowest BCUT2D eigenvalue weighted by molar-refractivity contribution is -1.08. The maximum Gasteiger partial charge on any atom is 0.335 e. The van der Waals surface area contributed by atoms with Crippen molar-refractivity contribution in [1.82, 2.24) is 0 Å². The van der Waals surface area contributed by atoms with Gasteiger partial charge in [-0.15, -0.1) is 0 Å². The minimum absolute atomic E-state index is 0.0586. The first-order chi connectivity index (χ1) is 8.42. The van der Waals surface area contributed by atoms with E-state index in [4.69, 9.17) is 10.3 Å². The van der Waals surface area contributed by atoms with Crippen molar-refractivity contribution >= 4 is 11.9 Å². The molecule has 0 fully saturated rings.